The highest BCUT2D eigenvalue weighted by Crippen LogP contribution is 2.27. The molecule has 0 spiro atoms. The maximum absolute atomic E-state index is 12.1. The molecule has 23 heavy (non-hydrogen) atoms. The van der Waals surface area contributed by atoms with Crippen molar-refractivity contribution in [2.75, 3.05) is 0 Å². The summed E-state index contributed by atoms with van der Waals surface area (Å²) in [6.45, 7) is 2.41. The van der Waals surface area contributed by atoms with Gasteiger partial charge in [0.2, 0.25) is 0 Å². The van der Waals surface area contributed by atoms with Gasteiger partial charge in [0.05, 0.1) is 6.42 Å². The van der Waals surface area contributed by atoms with Gasteiger partial charge in [-0.25, -0.2) is 0 Å². The summed E-state index contributed by atoms with van der Waals surface area (Å²) < 4.78 is 5.39. The molecule has 3 aromatic carbocycles. The second-order valence-corrected chi connectivity index (χ2v) is 5.82. The van der Waals surface area contributed by atoms with Gasteiger partial charge >= 0.3 is 5.97 Å². The van der Waals surface area contributed by atoms with Gasteiger partial charge in [-0.15, -0.1) is 0 Å². The first kappa shape index (κ1) is 15.3. The first-order valence-electron chi connectivity index (χ1n) is 7.91. The van der Waals surface area contributed by atoms with Gasteiger partial charge in [0.1, 0.15) is 6.61 Å². The zero-order valence-corrected chi connectivity index (χ0v) is 13.2. The van der Waals surface area contributed by atoms with Gasteiger partial charge in [-0.05, 0) is 27.8 Å². The van der Waals surface area contributed by atoms with Crippen LogP contribution < -0.4 is 0 Å². The van der Waals surface area contributed by atoms with Crippen LogP contribution in [0.25, 0.3) is 10.8 Å². The van der Waals surface area contributed by atoms with E-state index in [1.165, 1.54) is 16.3 Å². The summed E-state index contributed by atoms with van der Waals surface area (Å²) in [6, 6.07) is 24.3. The van der Waals surface area contributed by atoms with Crippen molar-refractivity contribution in [2.24, 2.45) is 0 Å². The Morgan fingerprint density at radius 2 is 1.61 bits per heavy atom. The lowest BCUT2D eigenvalue weighted by Gasteiger charge is -2.14. The average Bonchev–Trinajstić information content (AvgIpc) is 2.60. The molecule has 0 heterocycles. The Hall–Kier alpha value is -2.61. The quantitative estimate of drug-likeness (QED) is 0.615. The van der Waals surface area contributed by atoms with Crippen molar-refractivity contribution in [1.29, 1.82) is 0 Å². The van der Waals surface area contributed by atoms with E-state index in [-0.39, 0.29) is 11.9 Å². The van der Waals surface area contributed by atoms with Crippen LogP contribution in [-0.2, 0) is 16.1 Å². The number of benzene rings is 3. The Morgan fingerprint density at radius 1 is 0.913 bits per heavy atom. The van der Waals surface area contributed by atoms with E-state index in [2.05, 4.69) is 31.2 Å². The molecule has 2 heteroatoms. The van der Waals surface area contributed by atoms with Crippen molar-refractivity contribution in [2.45, 2.75) is 25.9 Å². The maximum Gasteiger partial charge on any atom is 0.306 e. The smallest absolute Gasteiger partial charge is 0.306 e. The van der Waals surface area contributed by atoms with Crippen LogP contribution in [0.1, 0.15) is 30.4 Å². The number of ether oxygens (including phenoxy) is 1. The van der Waals surface area contributed by atoms with Crippen LogP contribution in [0, 0.1) is 0 Å². The molecule has 2 nitrogen and oxygen atoms in total. The average molecular weight is 304 g/mol. The monoisotopic (exact) mass is 304 g/mol. The second kappa shape index (κ2) is 7.10. The van der Waals surface area contributed by atoms with E-state index in [1.54, 1.807) is 0 Å². The molecule has 0 saturated heterocycles. The Morgan fingerprint density at radius 3 is 2.43 bits per heavy atom. The number of hydrogen-bond donors (Lipinski definition) is 0. The number of esters is 1. The van der Waals surface area contributed by atoms with Gasteiger partial charge < -0.3 is 4.74 Å². The number of rotatable bonds is 5. The third-order valence-corrected chi connectivity index (χ3v) is 4.07. The molecule has 0 saturated carbocycles. The third kappa shape index (κ3) is 3.78. The van der Waals surface area contributed by atoms with Crippen molar-refractivity contribution < 1.29 is 9.53 Å². The predicted octanol–water partition coefficient (Wildman–Crippen LogP) is 5.08. The minimum absolute atomic E-state index is 0.129. The van der Waals surface area contributed by atoms with Crippen LogP contribution >= 0.6 is 0 Å². The molecule has 1 atom stereocenters. The van der Waals surface area contributed by atoms with Gasteiger partial charge in [0.25, 0.3) is 0 Å². The Kier molecular flexibility index (Phi) is 4.72. The van der Waals surface area contributed by atoms with Crippen molar-refractivity contribution >= 4 is 16.7 Å². The fourth-order valence-corrected chi connectivity index (χ4v) is 2.84. The van der Waals surface area contributed by atoms with E-state index in [0.29, 0.717) is 13.0 Å². The first-order valence-corrected chi connectivity index (χ1v) is 7.91. The van der Waals surface area contributed by atoms with Gasteiger partial charge in [-0.3, -0.25) is 4.79 Å². The molecule has 0 aliphatic rings. The number of carbonyl (C=O) groups is 1. The number of carbonyl (C=O) groups excluding carboxylic acids is 1. The van der Waals surface area contributed by atoms with Gasteiger partial charge in [-0.1, -0.05) is 79.7 Å². The molecule has 0 radical (unpaired) electrons. The summed E-state index contributed by atoms with van der Waals surface area (Å²) >= 11 is 0. The van der Waals surface area contributed by atoms with E-state index >= 15 is 0 Å². The molecule has 0 bridgehead atoms. The molecule has 0 aliphatic heterocycles. The SMILES string of the molecule is C[C@H](CC(=O)OCc1ccccc1)c1cccc2ccccc12. The largest absolute Gasteiger partial charge is 0.461 e. The molecule has 0 unspecified atom stereocenters. The Bertz CT molecular complexity index is 788. The minimum atomic E-state index is -0.158. The molecule has 0 amide bonds. The summed E-state index contributed by atoms with van der Waals surface area (Å²) in [4.78, 5) is 12.1. The van der Waals surface area contributed by atoms with Crippen LogP contribution in [0.3, 0.4) is 0 Å². The zero-order valence-electron chi connectivity index (χ0n) is 13.2. The topological polar surface area (TPSA) is 26.3 Å². The van der Waals surface area contributed by atoms with E-state index in [1.807, 2.05) is 48.5 Å². The van der Waals surface area contributed by atoms with E-state index < -0.39 is 0 Å². The highest BCUT2D eigenvalue weighted by Gasteiger charge is 2.14. The highest BCUT2D eigenvalue weighted by molar-refractivity contribution is 5.86. The van der Waals surface area contributed by atoms with E-state index in [4.69, 9.17) is 4.74 Å². The lowest BCUT2D eigenvalue weighted by molar-refractivity contribution is -0.145. The van der Waals surface area contributed by atoms with Crippen LogP contribution in [-0.4, -0.2) is 5.97 Å². The van der Waals surface area contributed by atoms with E-state index in [9.17, 15) is 4.79 Å². The fraction of sp³-hybridized carbons (Fsp3) is 0.190. The van der Waals surface area contributed by atoms with Gasteiger partial charge in [-0.2, -0.15) is 0 Å². The summed E-state index contributed by atoms with van der Waals surface area (Å²) in [6.07, 6.45) is 0.390. The molecule has 0 N–H and O–H groups in total. The summed E-state index contributed by atoms with van der Waals surface area (Å²) in [5, 5.41) is 2.41. The maximum atomic E-state index is 12.1. The van der Waals surface area contributed by atoms with Gasteiger partial charge in [0, 0.05) is 0 Å². The standard InChI is InChI=1S/C21H20O2/c1-16(14-21(22)23-15-17-8-3-2-4-9-17)19-13-7-11-18-10-5-6-12-20(18)19/h2-13,16H,14-15H2,1H3/t16-/m1/s1. The molecule has 0 aromatic heterocycles. The Balaban J connectivity index is 1.66. The minimum Gasteiger partial charge on any atom is -0.461 e. The molecule has 116 valence electrons. The van der Waals surface area contributed by atoms with Crippen molar-refractivity contribution in [3.8, 4) is 0 Å². The molecule has 3 aromatic rings. The second-order valence-electron chi connectivity index (χ2n) is 5.82. The van der Waals surface area contributed by atoms with Crippen LogP contribution in [0.2, 0.25) is 0 Å². The lowest BCUT2D eigenvalue weighted by atomic mass is 9.92. The zero-order chi connectivity index (χ0) is 16.1. The summed E-state index contributed by atoms with van der Waals surface area (Å²) in [7, 11) is 0. The van der Waals surface area contributed by atoms with Crippen LogP contribution in [0.4, 0.5) is 0 Å². The molecule has 3 rings (SSSR count). The highest BCUT2D eigenvalue weighted by atomic mass is 16.5. The first-order chi connectivity index (χ1) is 11.2. The van der Waals surface area contributed by atoms with Crippen LogP contribution in [0.5, 0.6) is 0 Å². The van der Waals surface area contributed by atoms with Crippen molar-refractivity contribution in [3.63, 3.8) is 0 Å². The van der Waals surface area contributed by atoms with Crippen molar-refractivity contribution in [3.05, 3.63) is 83.9 Å². The Labute approximate surface area is 136 Å². The van der Waals surface area contributed by atoms with E-state index in [0.717, 1.165) is 5.56 Å². The van der Waals surface area contributed by atoms with Gasteiger partial charge in [0.15, 0.2) is 0 Å². The molecule has 0 fully saturated rings. The summed E-state index contributed by atoms with van der Waals surface area (Å²) in [5.74, 6) is -0.0290. The third-order valence-electron chi connectivity index (χ3n) is 4.07. The normalized spacial score (nSPS) is 12.0. The summed E-state index contributed by atoms with van der Waals surface area (Å²) in [5.41, 5.74) is 2.21. The van der Waals surface area contributed by atoms with Crippen molar-refractivity contribution in [1.82, 2.24) is 0 Å². The molecular formula is C21H20O2. The molecule has 0 aliphatic carbocycles. The molecular weight excluding hydrogens is 284 g/mol. The van der Waals surface area contributed by atoms with Crippen LogP contribution in [0.15, 0.2) is 72.8 Å². The lowest BCUT2D eigenvalue weighted by Crippen LogP contribution is -2.09. The predicted molar refractivity (Wildman–Crippen MR) is 93.2 cm³/mol. The number of fused-ring (bicyclic) bond motifs is 1. The number of hydrogen-bond acceptors (Lipinski definition) is 2. The fourth-order valence-electron chi connectivity index (χ4n) is 2.84.